The molecule has 0 aliphatic rings. The fraction of sp³-hybridized carbons (Fsp3) is 0.333. The predicted octanol–water partition coefficient (Wildman–Crippen LogP) is 5.24. The first-order valence-electron chi connectivity index (χ1n) is 9.17. The van der Waals surface area contributed by atoms with Gasteiger partial charge in [0.15, 0.2) is 0 Å². The molecule has 0 saturated carbocycles. The highest BCUT2D eigenvalue weighted by atomic mass is 35.5. The fourth-order valence-corrected chi connectivity index (χ4v) is 3.63. The summed E-state index contributed by atoms with van der Waals surface area (Å²) in [6, 6.07) is 13.8. The number of carbonyl (C=O) groups excluding carboxylic acids is 1. The zero-order chi connectivity index (χ0) is 19.2. The second-order valence-corrected chi connectivity index (χ2v) is 7.48. The Morgan fingerprint density at radius 1 is 1.11 bits per heavy atom. The summed E-state index contributed by atoms with van der Waals surface area (Å²) in [7, 11) is 0. The van der Waals surface area contributed by atoms with Crippen molar-refractivity contribution < 1.29 is 4.79 Å². The summed E-state index contributed by atoms with van der Waals surface area (Å²) in [5, 5.41) is 4.14. The maximum atomic E-state index is 10.9. The number of hydrogen-bond acceptors (Lipinski definition) is 2. The number of imidazole rings is 1. The SMILES string of the molecule is CC(=O)NCCCCCc1nc2ccccc2n1Cc1ccc(Cl)cc1Cl. The zero-order valence-electron chi connectivity index (χ0n) is 15.3. The van der Waals surface area contributed by atoms with Crippen molar-refractivity contribution in [3.05, 3.63) is 63.9 Å². The molecule has 0 aliphatic heterocycles. The molecule has 3 rings (SSSR count). The van der Waals surface area contributed by atoms with Crippen LogP contribution < -0.4 is 5.32 Å². The number of hydrogen-bond donors (Lipinski definition) is 1. The van der Waals surface area contributed by atoms with Gasteiger partial charge in [0.2, 0.25) is 5.91 Å². The van der Waals surface area contributed by atoms with Crippen molar-refractivity contribution in [1.29, 1.82) is 0 Å². The number of halogens is 2. The second-order valence-electron chi connectivity index (χ2n) is 6.63. The molecular weight excluding hydrogens is 381 g/mol. The molecule has 0 atom stereocenters. The normalized spacial score (nSPS) is 11.1. The minimum Gasteiger partial charge on any atom is -0.356 e. The number of para-hydroxylation sites is 2. The topological polar surface area (TPSA) is 46.9 Å². The van der Waals surface area contributed by atoms with Crippen LogP contribution in [0.5, 0.6) is 0 Å². The van der Waals surface area contributed by atoms with Crippen LogP contribution in [0.2, 0.25) is 10.0 Å². The van der Waals surface area contributed by atoms with Crippen molar-refractivity contribution in [3.8, 4) is 0 Å². The Bertz CT molecular complexity index is 936. The summed E-state index contributed by atoms with van der Waals surface area (Å²) < 4.78 is 2.23. The van der Waals surface area contributed by atoms with Gasteiger partial charge in [-0.2, -0.15) is 0 Å². The molecule has 142 valence electrons. The maximum Gasteiger partial charge on any atom is 0.216 e. The summed E-state index contributed by atoms with van der Waals surface area (Å²) in [4.78, 5) is 15.7. The lowest BCUT2D eigenvalue weighted by Crippen LogP contribution is -2.20. The van der Waals surface area contributed by atoms with E-state index in [1.165, 1.54) is 0 Å². The minimum atomic E-state index is 0.0247. The summed E-state index contributed by atoms with van der Waals surface area (Å²) in [5.74, 6) is 1.08. The molecule has 1 aromatic heterocycles. The van der Waals surface area contributed by atoms with Gasteiger partial charge in [-0.15, -0.1) is 0 Å². The lowest BCUT2D eigenvalue weighted by Gasteiger charge is -2.11. The van der Waals surface area contributed by atoms with Crippen LogP contribution in [-0.4, -0.2) is 22.0 Å². The number of rotatable bonds is 8. The molecule has 3 aromatic rings. The molecule has 0 unspecified atom stereocenters. The van der Waals surface area contributed by atoms with Gasteiger partial charge in [-0.05, 0) is 42.7 Å². The van der Waals surface area contributed by atoms with E-state index in [-0.39, 0.29) is 5.91 Å². The van der Waals surface area contributed by atoms with E-state index in [9.17, 15) is 4.79 Å². The van der Waals surface area contributed by atoms with Crippen molar-refractivity contribution >= 4 is 40.1 Å². The van der Waals surface area contributed by atoms with E-state index in [0.717, 1.165) is 54.6 Å². The van der Waals surface area contributed by atoms with E-state index in [1.807, 2.05) is 30.3 Å². The largest absolute Gasteiger partial charge is 0.356 e. The Morgan fingerprint density at radius 2 is 1.93 bits per heavy atom. The van der Waals surface area contributed by atoms with Crippen LogP contribution in [0.4, 0.5) is 0 Å². The molecule has 4 nitrogen and oxygen atoms in total. The number of benzene rings is 2. The zero-order valence-corrected chi connectivity index (χ0v) is 16.9. The van der Waals surface area contributed by atoms with Gasteiger partial charge in [0.05, 0.1) is 17.6 Å². The van der Waals surface area contributed by atoms with Gasteiger partial charge >= 0.3 is 0 Å². The average molecular weight is 404 g/mol. The fourth-order valence-electron chi connectivity index (χ4n) is 3.16. The molecule has 0 saturated heterocycles. The molecule has 0 aliphatic carbocycles. The summed E-state index contributed by atoms with van der Waals surface area (Å²) >= 11 is 12.4. The maximum absolute atomic E-state index is 10.9. The molecule has 0 radical (unpaired) electrons. The Balaban J connectivity index is 1.74. The van der Waals surface area contributed by atoms with Crippen molar-refractivity contribution in [3.63, 3.8) is 0 Å². The van der Waals surface area contributed by atoms with Crippen molar-refractivity contribution in [2.75, 3.05) is 6.54 Å². The van der Waals surface area contributed by atoms with Crippen LogP contribution in [0.1, 0.15) is 37.6 Å². The monoisotopic (exact) mass is 403 g/mol. The van der Waals surface area contributed by atoms with E-state index in [2.05, 4.69) is 16.0 Å². The van der Waals surface area contributed by atoms with Crippen LogP contribution in [0.25, 0.3) is 11.0 Å². The Kier molecular flexibility index (Phi) is 6.75. The second kappa shape index (κ2) is 9.25. The van der Waals surface area contributed by atoms with Crippen molar-refractivity contribution in [2.24, 2.45) is 0 Å². The van der Waals surface area contributed by atoms with Crippen LogP contribution >= 0.6 is 23.2 Å². The number of fused-ring (bicyclic) bond motifs is 1. The van der Waals surface area contributed by atoms with Crippen LogP contribution in [0.3, 0.4) is 0 Å². The molecule has 0 spiro atoms. The van der Waals surface area contributed by atoms with Crippen LogP contribution in [0, 0.1) is 0 Å². The van der Waals surface area contributed by atoms with E-state index in [1.54, 1.807) is 13.0 Å². The Morgan fingerprint density at radius 3 is 2.70 bits per heavy atom. The molecule has 0 bridgehead atoms. The summed E-state index contributed by atoms with van der Waals surface area (Å²) in [6.07, 6.45) is 3.94. The molecule has 0 fully saturated rings. The number of nitrogens with zero attached hydrogens (tertiary/aromatic N) is 2. The van der Waals surface area contributed by atoms with E-state index < -0.39 is 0 Å². The average Bonchev–Trinajstić information content (AvgIpc) is 2.97. The predicted molar refractivity (Wildman–Crippen MR) is 112 cm³/mol. The molecule has 27 heavy (non-hydrogen) atoms. The molecule has 6 heteroatoms. The van der Waals surface area contributed by atoms with E-state index in [4.69, 9.17) is 28.2 Å². The van der Waals surface area contributed by atoms with E-state index in [0.29, 0.717) is 16.6 Å². The number of aromatic nitrogens is 2. The van der Waals surface area contributed by atoms with Gasteiger partial charge in [0.1, 0.15) is 5.82 Å². The first-order valence-corrected chi connectivity index (χ1v) is 9.92. The number of carbonyl (C=O) groups is 1. The molecule has 1 heterocycles. The number of nitrogens with one attached hydrogen (secondary N) is 1. The van der Waals surface area contributed by atoms with Crippen molar-refractivity contribution in [2.45, 2.75) is 39.2 Å². The highest BCUT2D eigenvalue weighted by Gasteiger charge is 2.12. The van der Waals surface area contributed by atoms with Crippen LogP contribution in [-0.2, 0) is 17.8 Å². The van der Waals surface area contributed by atoms with E-state index >= 15 is 0 Å². The standard InChI is InChI=1S/C21H23Cl2N3O/c1-15(27)24-12-6-2-3-9-21-25-19-7-4-5-8-20(19)26(21)14-16-10-11-17(22)13-18(16)23/h4-5,7-8,10-11,13H,2-3,6,9,12,14H2,1H3,(H,24,27). The third kappa shape index (κ3) is 5.24. The van der Waals surface area contributed by atoms with Crippen molar-refractivity contribution in [1.82, 2.24) is 14.9 Å². The third-order valence-corrected chi connectivity index (χ3v) is 5.12. The highest BCUT2D eigenvalue weighted by Crippen LogP contribution is 2.25. The lowest BCUT2D eigenvalue weighted by molar-refractivity contribution is -0.118. The summed E-state index contributed by atoms with van der Waals surface area (Å²) in [5.41, 5.74) is 3.13. The molecule has 1 N–H and O–H groups in total. The van der Waals surface area contributed by atoms with Gasteiger partial charge in [0.25, 0.3) is 0 Å². The first-order chi connectivity index (χ1) is 13.0. The molecule has 2 aromatic carbocycles. The first kappa shape index (κ1) is 19.7. The smallest absolute Gasteiger partial charge is 0.216 e. The van der Waals surface area contributed by atoms with Gasteiger partial charge in [-0.25, -0.2) is 4.98 Å². The Labute approximate surface area is 169 Å². The molecular formula is C21H23Cl2N3O. The lowest BCUT2D eigenvalue weighted by atomic mass is 10.1. The van der Waals surface area contributed by atoms with Gasteiger partial charge in [-0.1, -0.05) is 47.8 Å². The third-order valence-electron chi connectivity index (χ3n) is 4.53. The number of unbranched alkanes of at least 4 members (excludes halogenated alkanes) is 2. The number of amides is 1. The van der Waals surface area contributed by atoms with Crippen LogP contribution in [0.15, 0.2) is 42.5 Å². The highest BCUT2D eigenvalue weighted by molar-refractivity contribution is 6.35. The Hall–Kier alpha value is -2.04. The van der Waals surface area contributed by atoms with Gasteiger partial charge in [0, 0.05) is 29.9 Å². The van der Waals surface area contributed by atoms with Gasteiger partial charge in [-0.3, -0.25) is 4.79 Å². The van der Waals surface area contributed by atoms with Gasteiger partial charge < -0.3 is 9.88 Å². The summed E-state index contributed by atoms with van der Waals surface area (Å²) in [6.45, 7) is 2.94. The molecule has 1 amide bonds. The number of aryl methyl sites for hydroxylation is 1. The minimum absolute atomic E-state index is 0.0247. The quantitative estimate of drug-likeness (QED) is 0.522.